The van der Waals surface area contributed by atoms with E-state index < -0.39 is 41.2 Å². The van der Waals surface area contributed by atoms with E-state index in [9.17, 15) is 36.2 Å². The number of alkyl halides is 6. The van der Waals surface area contributed by atoms with Crippen molar-refractivity contribution in [2.45, 2.75) is 56.7 Å². The third-order valence-corrected chi connectivity index (χ3v) is 5.32. The van der Waals surface area contributed by atoms with Gasteiger partial charge in [-0.15, -0.1) is 0 Å². The maximum atomic E-state index is 13.4. The Hall–Kier alpha value is -2.23. The monoisotopic (exact) mass is 408 g/mol. The van der Waals surface area contributed by atoms with Crippen LogP contribution in [-0.2, 0) is 6.18 Å². The number of aromatic nitrogens is 1. The lowest BCUT2D eigenvalue weighted by Gasteiger charge is -2.40. The standard InChI is InChI=1S/C18H18F6N2O2/c1-9-3-6-14(16(2,28)18(22,23)24)26(9)10-4-5-13-11(7-10)12(17(19,20)21)8-15(27)25-13/h4-5,7-9,14,28H,3,6H2,1-2H3,(H,25,27)/t9-,14?,16-/m1/s1. The summed E-state index contributed by atoms with van der Waals surface area (Å²) in [5.41, 5.74) is -5.09. The van der Waals surface area contributed by atoms with Crippen LogP contribution < -0.4 is 10.5 Å². The summed E-state index contributed by atoms with van der Waals surface area (Å²) in [6.45, 7) is 2.32. The Kier molecular flexibility index (Phi) is 4.68. The summed E-state index contributed by atoms with van der Waals surface area (Å²) < 4.78 is 80.1. The fraction of sp³-hybridized carbons (Fsp3) is 0.500. The molecular weight excluding hydrogens is 390 g/mol. The number of aromatic amines is 1. The van der Waals surface area contributed by atoms with Crippen LogP contribution in [0.1, 0.15) is 32.3 Å². The largest absolute Gasteiger partial charge is 0.418 e. The van der Waals surface area contributed by atoms with Crippen molar-refractivity contribution < 1.29 is 31.4 Å². The van der Waals surface area contributed by atoms with E-state index in [4.69, 9.17) is 0 Å². The predicted molar refractivity (Wildman–Crippen MR) is 91.2 cm³/mol. The first-order chi connectivity index (χ1) is 12.7. The second-order valence-corrected chi connectivity index (χ2v) is 7.27. The predicted octanol–water partition coefficient (Wildman–Crippen LogP) is 4.22. The Morgan fingerprint density at radius 1 is 1.11 bits per heavy atom. The van der Waals surface area contributed by atoms with Crippen LogP contribution in [0.3, 0.4) is 0 Å². The fourth-order valence-corrected chi connectivity index (χ4v) is 3.80. The van der Waals surface area contributed by atoms with Crippen molar-refractivity contribution in [1.29, 1.82) is 0 Å². The van der Waals surface area contributed by atoms with Gasteiger partial charge in [-0.25, -0.2) is 0 Å². The molecule has 0 amide bonds. The van der Waals surface area contributed by atoms with E-state index >= 15 is 0 Å². The van der Waals surface area contributed by atoms with E-state index in [-0.39, 0.29) is 23.0 Å². The molecule has 4 nitrogen and oxygen atoms in total. The molecule has 0 saturated carbocycles. The number of aliphatic hydroxyl groups is 1. The zero-order valence-corrected chi connectivity index (χ0v) is 14.9. The van der Waals surface area contributed by atoms with Crippen molar-refractivity contribution in [1.82, 2.24) is 4.98 Å². The highest BCUT2D eigenvalue weighted by Crippen LogP contribution is 2.44. The average Bonchev–Trinajstić information content (AvgIpc) is 2.94. The summed E-state index contributed by atoms with van der Waals surface area (Å²) in [7, 11) is 0. The van der Waals surface area contributed by atoms with Gasteiger partial charge in [0, 0.05) is 28.7 Å². The SMILES string of the molecule is C[C@@H]1CCC([C@@](C)(O)C(F)(F)F)N1c1ccc2[nH]c(=O)cc(C(F)(F)F)c2c1. The van der Waals surface area contributed by atoms with E-state index in [0.29, 0.717) is 19.4 Å². The van der Waals surface area contributed by atoms with Crippen molar-refractivity contribution >= 4 is 16.6 Å². The minimum atomic E-state index is -4.90. The van der Waals surface area contributed by atoms with Gasteiger partial charge in [0.2, 0.25) is 5.56 Å². The number of rotatable bonds is 2. The van der Waals surface area contributed by atoms with Gasteiger partial charge < -0.3 is 15.0 Å². The molecule has 3 rings (SSSR count). The molecule has 1 unspecified atom stereocenters. The first-order valence-electron chi connectivity index (χ1n) is 8.55. The summed E-state index contributed by atoms with van der Waals surface area (Å²) in [5, 5.41) is 9.81. The molecule has 0 bridgehead atoms. The molecule has 28 heavy (non-hydrogen) atoms. The lowest BCUT2D eigenvalue weighted by atomic mass is 9.93. The Bertz CT molecular complexity index is 948. The van der Waals surface area contributed by atoms with Gasteiger partial charge in [0.15, 0.2) is 5.60 Å². The summed E-state index contributed by atoms with van der Waals surface area (Å²) >= 11 is 0. The molecule has 1 saturated heterocycles. The van der Waals surface area contributed by atoms with Crippen LogP contribution in [0.15, 0.2) is 29.1 Å². The van der Waals surface area contributed by atoms with Gasteiger partial charge in [0.25, 0.3) is 0 Å². The fourth-order valence-electron chi connectivity index (χ4n) is 3.80. The van der Waals surface area contributed by atoms with Gasteiger partial charge in [0.05, 0.1) is 11.6 Å². The quantitative estimate of drug-likeness (QED) is 0.732. The summed E-state index contributed by atoms with van der Waals surface area (Å²) in [6.07, 6.45) is -9.34. The van der Waals surface area contributed by atoms with Crippen LogP contribution in [0.4, 0.5) is 32.0 Å². The molecule has 2 aromatic rings. The summed E-state index contributed by atoms with van der Waals surface area (Å²) in [4.78, 5) is 15.1. The number of pyridine rings is 1. The molecular formula is C18H18F6N2O2. The maximum Gasteiger partial charge on any atom is 0.418 e. The average molecular weight is 408 g/mol. The molecule has 10 heteroatoms. The molecule has 1 aliphatic rings. The molecule has 2 N–H and O–H groups in total. The molecule has 2 heterocycles. The van der Waals surface area contributed by atoms with Gasteiger partial charge in [-0.05, 0) is 44.9 Å². The van der Waals surface area contributed by atoms with Gasteiger partial charge in [-0.3, -0.25) is 4.79 Å². The highest BCUT2D eigenvalue weighted by Gasteiger charge is 2.58. The number of hydrogen-bond acceptors (Lipinski definition) is 3. The van der Waals surface area contributed by atoms with Gasteiger partial charge in [-0.2, -0.15) is 26.3 Å². The van der Waals surface area contributed by atoms with Gasteiger partial charge in [0.1, 0.15) is 0 Å². The highest BCUT2D eigenvalue weighted by molar-refractivity contribution is 5.86. The number of hydrogen-bond donors (Lipinski definition) is 2. The van der Waals surface area contributed by atoms with Gasteiger partial charge in [-0.1, -0.05) is 0 Å². The van der Waals surface area contributed by atoms with Crippen LogP contribution in [0.25, 0.3) is 10.9 Å². The minimum Gasteiger partial charge on any atom is -0.379 e. The first-order valence-corrected chi connectivity index (χ1v) is 8.55. The third kappa shape index (κ3) is 3.34. The van der Waals surface area contributed by atoms with Crippen LogP contribution >= 0.6 is 0 Å². The van der Waals surface area contributed by atoms with E-state index in [1.54, 1.807) is 6.92 Å². The number of fused-ring (bicyclic) bond motifs is 1. The van der Waals surface area contributed by atoms with Crippen molar-refractivity contribution in [3.05, 3.63) is 40.2 Å². The zero-order chi connectivity index (χ0) is 21.1. The molecule has 1 aromatic carbocycles. The third-order valence-electron chi connectivity index (χ3n) is 5.32. The van der Waals surface area contributed by atoms with Crippen LogP contribution in [0.5, 0.6) is 0 Å². The number of benzene rings is 1. The molecule has 1 aromatic heterocycles. The van der Waals surface area contributed by atoms with Crippen molar-refractivity contribution in [3.63, 3.8) is 0 Å². The molecule has 3 atom stereocenters. The molecule has 154 valence electrons. The van der Waals surface area contributed by atoms with E-state index in [2.05, 4.69) is 4.98 Å². The Morgan fingerprint density at radius 2 is 1.75 bits per heavy atom. The number of halogens is 6. The Morgan fingerprint density at radius 3 is 2.32 bits per heavy atom. The van der Waals surface area contributed by atoms with Crippen LogP contribution in [-0.4, -0.2) is 34.0 Å². The summed E-state index contributed by atoms with van der Waals surface area (Å²) in [5.74, 6) is 0. The molecule has 0 spiro atoms. The lowest BCUT2D eigenvalue weighted by Crippen LogP contribution is -2.58. The zero-order valence-electron chi connectivity index (χ0n) is 14.9. The Labute approximate surface area is 155 Å². The smallest absolute Gasteiger partial charge is 0.379 e. The minimum absolute atomic E-state index is 0.0312. The van der Waals surface area contributed by atoms with Crippen molar-refractivity contribution in [3.8, 4) is 0 Å². The van der Waals surface area contributed by atoms with E-state index in [1.165, 1.54) is 17.0 Å². The van der Waals surface area contributed by atoms with E-state index in [0.717, 1.165) is 6.07 Å². The number of nitrogens with zero attached hydrogens (tertiary/aromatic N) is 1. The van der Waals surface area contributed by atoms with Crippen molar-refractivity contribution in [2.24, 2.45) is 0 Å². The van der Waals surface area contributed by atoms with Crippen molar-refractivity contribution in [2.75, 3.05) is 4.90 Å². The molecule has 1 aliphatic heterocycles. The molecule has 1 fully saturated rings. The lowest BCUT2D eigenvalue weighted by molar-refractivity contribution is -0.259. The summed E-state index contributed by atoms with van der Waals surface area (Å²) in [6, 6.07) is 2.33. The highest BCUT2D eigenvalue weighted by atomic mass is 19.4. The maximum absolute atomic E-state index is 13.4. The first kappa shape index (κ1) is 20.5. The number of H-pyrrole nitrogens is 1. The normalized spacial score (nSPS) is 23.2. The van der Waals surface area contributed by atoms with Gasteiger partial charge >= 0.3 is 12.4 Å². The molecule has 0 radical (unpaired) electrons. The second kappa shape index (κ2) is 6.40. The van der Waals surface area contributed by atoms with E-state index in [1.807, 2.05) is 0 Å². The Balaban J connectivity index is 2.17. The second-order valence-electron chi connectivity index (χ2n) is 7.27. The van der Waals surface area contributed by atoms with Crippen LogP contribution in [0, 0.1) is 0 Å². The van der Waals surface area contributed by atoms with Crippen LogP contribution in [0.2, 0.25) is 0 Å². The number of anilines is 1. The molecule has 0 aliphatic carbocycles. The number of nitrogens with one attached hydrogen (secondary N) is 1. The topological polar surface area (TPSA) is 56.3 Å².